The predicted molar refractivity (Wildman–Crippen MR) is 92.0 cm³/mol. The summed E-state index contributed by atoms with van der Waals surface area (Å²) in [5, 5.41) is 2.73. The van der Waals surface area contributed by atoms with E-state index in [2.05, 4.69) is 5.32 Å². The number of hydrogen-bond acceptors (Lipinski definition) is 4. The van der Waals surface area contributed by atoms with Gasteiger partial charge in [0.2, 0.25) is 0 Å². The average molecular weight is 319 g/mol. The van der Waals surface area contributed by atoms with E-state index in [1.165, 1.54) is 0 Å². The van der Waals surface area contributed by atoms with Gasteiger partial charge < -0.3 is 14.0 Å². The first-order valence-electron chi connectivity index (χ1n) is 8.00. The van der Waals surface area contributed by atoms with Crippen molar-refractivity contribution >= 4 is 24.4 Å². The molecule has 1 aliphatic rings. The van der Waals surface area contributed by atoms with E-state index in [0.29, 0.717) is 18.2 Å². The molecule has 0 radical (unpaired) electrons. The third-order valence-corrected chi connectivity index (χ3v) is 4.21. The third kappa shape index (κ3) is 4.27. The second-order valence-corrected chi connectivity index (χ2v) is 7.33. The zero-order valence-corrected chi connectivity index (χ0v) is 14.8. The van der Waals surface area contributed by atoms with E-state index in [4.69, 9.17) is 14.0 Å². The SMILES string of the molecule is CC(C)COC(=O)Nc1cccc(B2OC(C)(C)C(C)(C)O2)c1. The van der Waals surface area contributed by atoms with Gasteiger partial charge in [0.25, 0.3) is 0 Å². The van der Waals surface area contributed by atoms with Crippen LogP contribution in [0.1, 0.15) is 41.5 Å². The van der Waals surface area contributed by atoms with Gasteiger partial charge in [-0.3, -0.25) is 5.32 Å². The monoisotopic (exact) mass is 319 g/mol. The molecule has 0 aromatic heterocycles. The molecule has 1 saturated heterocycles. The van der Waals surface area contributed by atoms with Crippen molar-refractivity contribution in [1.29, 1.82) is 0 Å². The normalized spacial score (nSPS) is 19.0. The standard InChI is InChI=1S/C17H26BNO4/c1-12(2)11-21-15(20)19-14-9-7-8-13(10-14)18-22-16(3,4)17(5,6)23-18/h7-10,12H,11H2,1-6H3,(H,19,20). The van der Waals surface area contributed by atoms with Gasteiger partial charge in [0.05, 0.1) is 17.8 Å². The maximum Gasteiger partial charge on any atom is 0.494 e. The van der Waals surface area contributed by atoms with Crippen molar-refractivity contribution in [3.05, 3.63) is 24.3 Å². The van der Waals surface area contributed by atoms with Crippen LogP contribution in [0.15, 0.2) is 24.3 Å². The van der Waals surface area contributed by atoms with Gasteiger partial charge in [-0.25, -0.2) is 4.79 Å². The molecule has 1 aromatic carbocycles. The maximum atomic E-state index is 11.8. The van der Waals surface area contributed by atoms with Gasteiger partial charge in [0.1, 0.15) is 0 Å². The van der Waals surface area contributed by atoms with Gasteiger partial charge in [-0.1, -0.05) is 26.0 Å². The number of anilines is 1. The quantitative estimate of drug-likeness (QED) is 0.866. The summed E-state index contributed by atoms with van der Waals surface area (Å²) in [7, 11) is -0.451. The number of rotatable bonds is 4. The molecule has 1 N–H and O–H groups in total. The molecule has 0 bridgehead atoms. The van der Waals surface area contributed by atoms with Crippen LogP contribution >= 0.6 is 0 Å². The third-order valence-electron chi connectivity index (χ3n) is 4.21. The summed E-state index contributed by atoms with van der Waals surface area (Å²) >= 11 is 0. The lowest BCUT2D eigenvalue weighted by atomic mass is 9.79. The van der Waals surface area contributed by atoms with E-state index >= 15 is 0 Å². The maximum absolute atomic E-state index is 11.8. The minimum atomic E-state index is -0.454. The molecular formula is C17H26BNO4. The number of hydrogen-bond donors (Lipinski definition) is 1. The summed E-state index contributed by atoms with van der Waals surface area (Å²) in [5.74, 6) is 0.303. The van der Waals surface area contributed by atoms with E-state index in [0.717, 1.165) is 5.46 Å². The second-order valence-electron chi connectivity index (χ2n) is 7.33. The van der Waals surface area contributed by atoms with Gasteiger partial charge >= 0.3 is 13.2 Å². The van der Waals surface area contributed by atoms with Crippen LogP contribution in [0.4, 0.5) is 10.5 Å². The number of carbonyl (C=O) groups is 1. The summed E-state index contributed by atoms with van der Waals surface area (Å²) in [6.45, 7) is 12.4. The van der Waals surface area contributed by atoms with E-state index < -0.39 is 24.4 Å². The Morgan fingerprint density at radius 3 is 2.39 bits per heavy atom. The van der Waals surface area contributed by atoms with Gasteiger partial charge in [-0.15, -0.1) is 0 Å². The fourth-order valence-corrected chi connectivity index (χ4v) is 2.14. The minimum absolute atomic E-state index is 0.303. The summed E-state index contributed by atoms with van der Waals surface area (Å²) in [4.78, 5) is 11.8. The fourth-order valence-electron chi connectivity index (χ4n) is 2.14. The lowest BCUT2D eigenvalue weighted by molar-refractivity contribution is 0.00578. The molecule has 1 aromatic rings. The molecule has 126 valence electrons. The Morgan fingerprint density at radius 1 is 1.22 bits per heavy atom. The Hall–Kier alpha value is -1.53. The molecule has 23 heavy (non-hydrogen) atoms. The first kappa shape index (κ1) is 17.8. The number of amides is 1. The van der Waals surface area contributed by atoms with Crippen LogP contribution in [0, 0.1) is 5.92 Å². The van der Waals surface area contributed by atoms with Gasteiger partial charge in [-0.2, -0.15) is 0 Å². The van der Waals surface area contributed by atoms with Crippen LogP contribution in [0.2, 0.25) is 0 Å². The zero-order chi connectivity index (χ0) is 17.3. The molecule has 0 spiro atoms. The number of ether oxygens (including phenoxy) is 1. The molecule has 2 rings (SSSR count). The molecule has 0 saturated carbocycles. The summed E-state index contributed by atoms with van der Waals surface area (Å²) in [6, 6.07) is 7.44. The van der Waals surface area contributed by atoms with Gasteiger partial charge in [0, 0.05) is 5.69 Å². The first-order valence-corrected chi connectivity index (χ1v) is 8.00. The highest BCUT2D eigenvalue weighted by atomic mass is 16.7. The largest absolute Gasteiger partial charge is 0.494 e. The summed E-state index contributed by atoms with van der Waals surface area (Å²) in [5.41, 5.74) is 0.741. The molecule has 1 amide bonds. The first-order chi connectivity index (χ1) is 10.6. The Labute approximate surface area is 138 Å². The van der Waals surface area contributed by atoms with Crippen LogP contribution in [-0.4, -0.2) is 31.0 Å². The highest BCUT2D eigenvalue weighted by Gasteiger charge is 2.51. The molecular weight excluding hydrogens is 293 g/mol. The average Bonchev–Trinajstić information content (AvgIpc) is 2.66. The van der Waals surface area contributed by atoms with Crippen molar-refractivity contribution in [2.45, 2.75) is 52.7 Å². The van der Waals surface area contributed by atoms with Crippen molar-refractivity contribution < 1.29 is 18.8 Å². The summed E-state index contributed by atoms with van der Waals surface area (Å²) < 4.78 is 17.2. The molecule has 1 heterocycles. The molecule has 6 heteroatoms. The topological polar surface area (TPSA) is 56.8 Å². The van der Waals surface area contributed by atoms with Crippen molar-refractivity contribution in [2.75, 3.05) is 11.9 Å². The van der Waals surface area contributed by atoms with Crippen molar-refractivity contribution in [3.8, 4) is 0 Å². The van der Waals surface area contributed by atoms with Crippen LogP contribution in [0.5, 0.6) is 0 Å². The van der Waals surface area contributed by atoms with Gasteiger partial charge in [-0.05, 0) is 51.2 Å². The molecule has 0 unspecified atom stereocenters. The predicted octanol–water partition coefficient (Wildman–Crippen LogP) is 3.19. The van der Waals surface area contributed by atoms with Crippen LogP contribution in [-0.2, 0) is 14.0 Å². The molecule has 5 nitrogen and oxygen atoms in total. The van der Waals surface area contributed by atoms with Crippen molar-refractivity contribution in [2.24, 2.45) is 5.92 Å². The van der Waals surface area contributed by atoms with E-state index in [-0.39, 0.29) is 0 Å². The minimum Gasteiger partial charge on any atom is -0.449 e. The smallest absolute Gasteiger partial charge is 0.449 e. The lowest BCUT2D eigenvalue weighted by Gasteiger charge is -2.32. The van der Waals surface area contributed by atoms with Crippen LogP contribution < -0.4 is 10.8 Å². The Morgan fingerprint density at radius 2 is 1.83 bits per heavy atom. The number of benzene rings is 1. The van der Waals surface area contributed by atoms with Crippen LogP contribution in [0.25, 0.3) is 0 Å². The highest BCUT2D eigenvalue weighted by molar-refractivity contribution is 6.62. The Balaban J connectivity index is 2.05. The van der Waals surface area contributed by atoms with Crippen molar-refractivity contribution in [3.63, 3.8) is 0 Å². The van der Waals surface area contributed by atoms with Crippen LogP contribution in [0.3, 0.4) is 0 Å². The van der Waals surface area contributed by atoms with E-state index in [1.54, 1.807) is 0 Å². The zero-order valence-electron chi connectivity index (χ0n) is 14.8. The Kier molecular flexibility index (Phi) is 5.06. The second kappa shape index (κ2) is 6.53. The molecule has 0 atom stereocenters. The fraction of sp³-hybridized carbons (Fsp3) is 0.588. The van der Waals surface area contributed by atoms with Crippen molar-refractivity contribution in [1.82, 2.24) is 0 Å². The molecule has 1 aliphatic heterocycles. The number of carbonyl (C=O) groups excluding carboxylic acids is 1. The molecule has 1 fully saturated rings. The van der Waals surface area contributed by atoms with E-state index in [1.807, 2.05) is 65.8 Å². The lowest BCUT2D eigenvalue weighted by Crippen LogP contribution is -2.41. The summed E-state index contributed by atoms with van der Waals surface area (Å²) in [6.07, 6.45) is -0.454. The highest BCUT2D eigenvalue weighted by Crippen LogP contribution is 2.36. The number of nitrogens with one attached hydrogen (secondary N) is 1. The Bertz CT molecular complexity index is 555. The van der Waals surface area contributed by atoms with E-state index in [9.17, 15) is 4.79 Å². The molecule has 0 aliphatic carbocycles. The van der Waals surface area contributed by atoms with Gasteiger partial charge in [0.15, 0.2) is 0 Å².